The molecule has 60 valence electrons. The molecule has 1 fully saturated rings. The van der Waals surface area contributed by atoms with E-state index in [0.29, 0.717) is 5.41 Å². The van der Waals surface area contributed by atoms with Crippen molar-refractivity contribution < 1.29 is 0 Å². The summed E-state index contributed by atoms with van der Waals surface area (Å²) >= 11 is 4.43. The van der Waals surface area contributed by atoms with Gasteiger partial charge in [-0.15, -0.1) is 0 Å². The van der Waals surface area contributed by atoms with Crippen LogP contribution in [0, 0.1) is 5.41 Å². The van der Waals surface area contributed by atoms with Gasteiger partial charge < -0.3 is 0 Å². The average Bonchev–Trinajstić information content (AvgIpc) is 2.06. The van der Waals surface area contributed by atoms with E-state index in [4.69, 9.17) is 0 Å². The number of hydrogen-bond donors (Lipinski definition) is 1. The lowest BCUT2D eigenvalue weighted by atomic mass is 9.74. The first kappa shape index (κ1) is 8.45. The first-order chi connectivity index (χ1) is 4.83. The van der Waals surface area contributed by atoms with Crippen LogP contribution < -0.4 is 0 Å². The summed E-state index contributed by atoms with van der Waals surface area (Å²) in [6.45, 7) is 2.31. The van der Waals surface area contributed by atoms with Gasteiger partial charge in [-0.05, 0) is 30.4 Å². The quantitative estimate of drug-likeness (QED) is 0.586. The fraction of sp³-hybridized carbons (Fsp3) is 1.00. The molecule has 0 aromatic rings. The van der Waals surface area contributed by atoms with Crippen molar-refractivity contribution in [2.24, 2.45) is 5.41 Å². The van der Waals surface area contributed by atoms with Gasteiger partial charge in [-0.2, -0.15) is 12.6 Å². The predicted molar refractivity (Wildman–Crippen MR) is 49.7 cm³/mol. The fourth-order valence-corrected chi connectivity index (χ4v) is 2.47. The monoisotopic (exact) mass is 158 g/mol. The molecular weight excluding hydrogens is 140 g/mol. The highest BCUT2D eigenvalue weighted by molar-refractivity contribution is 7.80. The highest BCUT2D eigenvalue weighted by Crippen LogP contribution is 2.39. The minimum atomic E-state index is 0.626. The van der Waals surface area contributed by atoms with Crippen molar-refractivity contribution in [2.75, 3.05) is 5.75 Å². The summed E-state index contributed by atoms with van der Waals surface area (Å²) in [7, 11) is 0. The van der Waals surface area contributed by atoms with Gasteiger partial charge in [0.2, 0.25) is 0 Å². The second kappa shape index (κ2) is 3.66. The zero-order chi connectivity index (χ0) is 7.45. The molecule has 1 aliphatic rings. The fourth-order valence-electron chi connectivity index (χ4n) is 1.93. The summed E-state index contributed by atoms with van der Waals surface area (Å²) in [6.07, 6.45) is 8.51. The van der Waals surface area contributed by atoms with Gasteiger partial charge >= 0.3 is 0 Å². The van der Waals surface area contributed by atoms with Gasteiger partial charge in [0.1, 0.15) is 0 Å². The Kier molecular flexibility index (Phi) is 3.09. The summed E-state index contributed by atoms with van der Waals surface area (Å²) in [6, 6.07) is 0. The maximum atomic E-state index is 4.43. The lowest BCUT2D eigenvalue weighted by molar-refractivity contribution is 0.215. The van der Waals surface area contributed by atoms with Crippen LogP contribution in [0.2, 0.25) is 0 Å². The van der Waals surface area contributed by atoms with Gasteiger partial charge in [-0.1, -0.05) is 26.2 Å². The number of hydrogen-bond acceptors (Lipinski definition) is 1. The molecule has 0 spiro atoms. The Balaban J connectivity index is 2.44. The van der Waals surface area contributed by atoms with E-state index in [1.54, 1.807) is 0 Å². The topological polar surface area (TPSA) is 0 Å². The standard InChI is InChI=1S/C9H18S/c1-2-9(8-10)6-4-3-5-7-9/h10H,2-8H2,1H3. The van der Waals surface area contributed by atoms with Crippen LogP contribution in [0.15, 0.2) is 0 Å². The van der Waals surface area contributed by atoms with Gasteiger partial charge in [0, 0.05) is 0 Å². The van der Waals surface area contributed by atoms with Crippen molar-refractivity contribution in [2.45, 2.75) is 45.4 Å². The van der Waals surface area contributed by atoms with Crippen LogP contribution in [-0.4, -0.2) is 5.75 Å². The van der Waals surface area contributed by atoms with Gasteiger partial charge in [-0.25, -0.2) is 0 Å². The molecule has 0 heterocycles. The second-order valence-electron chi connectivity index (χ2n) is 3.57. The molecule has 0 saturated heterocycles. The van der Waals surface area contributed by atoms with Gasteiger partial charge in [0.05, 0.1) is 0 Å². The third-order valence-electron chi connectivity index (χ3n) is 3.00. The molecule has 0 atom stereocenters. The Labute approximate surface area is 69.8 Å². The molecule has 1 rings (SSSR count). The molecule has 0 nitrogen and oxygen atoms in total. The highest BCUT2D eigenvalue weighted by atomic mass is 32.1. The Morgan fingerprint density at radius 3 is 2.10 bits per heavy atom. The molecule has 1 aliphatic carbocycles. The summed E-state index contributed by atoms with van der Waals surface area (Å²) < 4.78 is 0. The van der Waals surface area contributed by atoms with Crippen molar-refractivity contribution in [1.29, 1.82) is 0 Å². The molecule has 0 unspecified atom stereocenters. The molecule has 1 saturated carbocycles. The minimum Gasteiger partial charge on any atom is -0.179 e. The zero-order valence-electron chi connectivity index (χ0n) is 6.90. The largest absolute Gasteiger partial charge is 0.179 e. The van der Waals surface area contributed by atoms with Crippen LogP contribution in [0.3, 0.4) is 0 Å². The van der Waals surface area contributed by atoms with Crippen LogP contribution in [0.25, 0.3) is 0 Å². The van der Waals surface area contributed by atoms with Crippen molar-refractivity contribution >= 4 is 12.6 Å². The predicted octanol–water partition coefficient (Wildman–Crippen LogP) is 3.28. The third-order valence-corrected chi connectivity index (χ3v) is 3.67. The lowest BCUT2D eigenvalue weighted by Crippen LogP contribution is -2.24. The molecule has 1 heteroatoms. The van der Waals surface area contributed by atoms with E-state index >= 15 is 0 Å². The van der Waals surface area contributed by atoms with Crippen LogP contribution in [-0.2, 0) is 0 Å². The maximum absolute atomic E-state index is 4.43. The van der Waals surface area contributed by atoms with E-state index in [0.717, 1.165) is 5.75 Å². The maximum Gasteiger partial charge on any atom is -0.00413 e. The molecule has 0 bridgehead atoms. The third kappa shape index (κ3) is 1.69. The average molecular weight is 158 g/mol. The minimum absolute atomic E-state index is 0.626. The van der Waals surface area contributed by atoms with E-state index in [-0.39, 0.29) is 0 Å². The van der Waals surface area contributed by atoms with Gasteiger partial charge in [-0.3, -0.25) is 0 Å². The van der Waals surface area contributed by atoms with Crippen molar-refractivity contribution in [1.82, 2.24) is 0 Å². The number of thiol groups is 1. The molecule has 0 radical (unpaired) electrons. The zero-order valence-corrected chi connectivity index (χ0v) is 7.79. The first-order valence-electron chi connectivity index (χ1n) is 4.44. The van der Waals surface area contributed by atoms with Crippen LogP contribution in [0.5, 0.6) is 0 Å². The number of rotatable bonds is 2. The van der Waals surface area contributed by atoms with E-state index in [2.05, 4.69) is 19.6 Å². The SMILES string of the molecule is CCC1(CS)CCCCC1. The molecule has 0 aromatic carbocycles. The van der Waals surface area contributed by atoms with Crippen molar-refractivity contribution in [3.05, 3.63) is 0 Å². The van der Waals surface area contributed by atoms with Crippen molar-refractivity contribution in [3.8, 4) is 0 Å². The van der Waals surface area contributed by atoms with E-state index in [9.17, 15) is 0 Å². The van der Waals surface area contributed by atoms with Crippen LogP contribution in [0.4, 0.5) is 0 Å². The molecule has 10 heavy (non-hydrogen) atoms. The first-order valence-corrected chi connectivity index (χ1v) is 5.07. The molecular formula is C9H18S. The lowest BCUT2D eigenvalue weighted by Gasteiger charge is -2.34. The van der Waals surface area contributed by atoms with Crippen LogP contribution in [0.1, 0.15) is 45.4 Å². The highest BCUT2D eigenvalue weighted by Gasteiger charge is 2.27. The second-order valence-corrected chi connectivity index (χ2v) is 3.89. The van der Waals surface area contributed by atoms with Crippen LogP contribution >= 0.6 is 12.6 Å². The summed E-state index contributed by atoms with van der Waals surface area (Å²) in [5.74, 6) is 1.10. The molecule has 0 amide bonds. The van der Waals surface area contributed by atoms with Gasteiger partial charge in [0.15, 0.2) is 0 Å². The Morgan fingerprint density at radius 2 is 1.80 bits per heavy atom. The Hall–Kier alpha value is 0.350. The normalized spacial score (nSPS) is 24.6. The Morgan fingerprint density at radius 1 is 1.20 bits per heavy atom. The Bertz CT molecular complexity index is 86.9. The molecule has 0 N–H and O–H groups in total. The van der Waals surface area contributed by atoms with Crippen molar-refractivity contribution in [3.63, 3.8) is 0 Å². The molecule has 0 aromatic heterocycles. The van der Waals surface area contributed by atoms with E-state index < -0.39 is 0 Å². The molecule has 0 aliphatic heterocycles. The van der Waals surface area contributed by atoms with E-state index in [1.807, 2.05) is 0 Å². The van der Waals surface area contributed by atoms with Gasteiger partial charge in [0.25, 0.3) is 0 Å². The summed E-state index contributed by atoms with van der Waals surface area (Å²) in [4.78, 5) is 0. The summed E-state index contributed by atoms with van der Waals surface area (Å²) in [5.41, 5.74) is 0.626. The van der Waals surface area contributed by atoms with E-state index in [1.165, 1.54) is 38.5 Å². The smallest absolute Gasteiger partial charge is 0.00413 e. The summed E-state index contributed by atoms with van der Waals surface area (Å²) in [5, 5.41) is 0.